The molecule has 30 heavy (non-hydrogen) atoms. The SMILES string of the molecule is COc1ccc(COc2ccc3c(c2)OC(=O)N(Cc2cccc(Br)c2F)C3)cc1. The molecule has 0 saturated carbocycles. The van der Waals surface area contributed by atoms with E-state index in [4.69, 9.17) is 14.2 Å². The van der Waals surface area contributed by atoms with Gasteiger partial charge in [-0.3, -0.25) is 4.90 Å². The van der Waals surface area contributed by atoms with E-state index in [2.05, 4.69) is 15.9 Å². The summed E-state index contributed by atoms with van der Waals surface area (Å²) in [6.45, 7) is 0.836. The molecule has 0 radical (unpaired) electrons. The van der Waals surface area contributed by atoms with Crippen LogP contribution in [0.5, 0.6) is 17.2 Å². The Kier molecular flexibility index (Phi) is 5.90. The van der Waals surface area contributed by atoms with Crippen LogP contribution in [-0.2, 0) is 19.7 Å². The predicted octanol–water partition coefficient (Wildman–Crippen LogP) is 5.69. The lowest BCUT2D eigenvalue weighted by Crippen LogP contribution is -2.36. The summed E-state index contributed by atoms with van der Waals surface area (Å²) in [6.07, 6.45) is -0.519. The molecule has 7 heteroatoms. The molecule has 5 nitrogen and oxygen atoms in total. The van der Waals surface area contributed by atoms with Crippen LogP contribution in [0.3, 0.4) is 0 Å². The van der Waals surface area contributed by atoms with Crippen LogP contribution in [0, 0.1) is 5.82 Å². The summed E-state index contributed by atoms with van der Waals surface area (Å²) in [4.78, 5) is 13.9. The first kappa shape index (κ1) is 20.2. The number of methoxy groups -OCH3 is 1. The monoisotopic (exact) mass is 471 g/mol. The number of hydrogen-bond donors (Lipinski definition) is 0. The largest absolute Gasteiger partial charge is 0.497 e. The number of halogens is 2. The number of fused-ring (bicyclic) bond motifs is 1. The van der Waals surface area contributed by atoms with Crippen molar-refractivity contribution in [2.75, 3.05) is 7.11 Å². The first-order chi connectivity index (χ1) is 14.5. The Morgan fingerprint density at radius 1 is 1.10 bits per heavy atom. The summed E-state index contributed by atoms with van der Waals surface area (Å²) in [6, 6.07) is 18.0. The second-order valence-electron chi connectivity index (χ2n) is 6.84. The highest BCUT2D eigenvalue weighted by atomic mass is 79.9. The predicted molar refractivity (Wildman–Crippen MR) is 113 cm³/mol. The molecule has 1 heterocycles. The molecule has 0 bridgehead atoms. The highest BCUT2D eigenvalue weighted by Crippen LogP contribution is 2.32. The van der Waals surface area contributed by atoms with Gasteiger partial charge in [-0.2, -0.15) is 0 Å². The molecular formula is C23H19BrFNO4. The number of ether oxygens (including phenoxy) is 3. The van der Waals surface area contributed by atoms with Gasteiger partial charge in [0.25, 0.3) is 0 Å². The fraction of sp³-hybridized carbons (Fsp3) is 0.174. The van der Waals surface area contributed by atoms with Gasteiger partial charge < -0.3 is 14.2 Å². The third kappa shape index (κ3) is 4.41. The van der Waals surface area contributed by atoms with Crippen LogP contribution in [0.2, 0.25) is 0 Å². The molecule has 3 aromatic rings. The van der Waals surface area contributed by atoms with Crippen molar-refractivity contribution >= 4 is 22.0 Å². The average Bonchev–Trinajstić information content (AvgIpc) is 2.76. The van der Waals surface area contributed by atoms with E-state index in [9.17, 15) is 9.18 Å². The highest BCUT2D eigenvalue weighted by Gasteiger charge is 2.26. The molecule has 0 unspecified atom stereocenters. The van der Waals surface area contributed by atoms with E-state index >= 15 is 0 Å². The smallest absolute Gasteiger partial charge is 0.415 e. The van der Waals surface area contributed by atoms with Crippen LogP contribution in [0.1, 0.15) is 16.7 Å². The van der Waals surface area contributed by atoms with E-state index in [1.807, 2.05) is 36.4 Å². The maximum absolute atomic E-state index is 14.3. The molecule has 0 N–H and O–H groups in total. The van der Waals surface area contributed by atoms with Crippen LogP contribution >= 0.6 is 15.9 Å². The van der Waals surface area contributed by atoms with E-state index in [1.54, 1.807) is 31.4 Å². The molecule has 1 aliphatic heterocycles. The summed E-state index contributed by atoms with van der Waals surface area (Å²) >= 11 is 3.17. The van der Waals surface area contributed by atoms with Gasteiger partial charge in [-0.15, -0.1) is 0 Å². The molecule has 0 spiro atoms. The molecule has 3 aromatic carbocycles. The Morgan fingerprint density at radius 3 is 2.63 bits per heavy atom. The van der Waals surface area contributed by atoms with Crippen LogP contribution in [0.25, 0.3) is 0 Å². The fourth-order valence-electron chi connectivity index (χ4n) is 3.16. The quantitative estimate of drug-likeness (QED) is 0.463. The van der Waals surface area contributed by atoms with Gasteiger partial charge >= 0.3 is 6.09 Å². The number of carbonyl (C=O) groups excluding carboxylic acids is 1. The van der Waals surface area contributed by atoms with E-state index < -0.39 is 6.09 Å². The van der Waals surface area contributed by atoms with Crippen molar-refractivity contribution < 1.29 is 23.4 Å². The summed E-state index contributed by atoms with van der Waals surface area (Å²) in [5.41, 5.74) is 2.25. The Balaban J connectivity index is 1.43. The van der Waals surface area contributed by atoms with Crippen LogP contribution in [-0.4, -0.2) is 18.1 Å². The van der Waals surface area contributed by atoms with Crippen molar-refractivity contribution in [1.82, 2.24) is 4.90 Å². The standard InChI is InChI=1S/C23H19BrFNO4/c1-28-18-8-5-15(6-9-18)14-29-19-10-7-16-12-26(23(27)30-21(16)11-19)13-17-3-2-4-20(24)22(17)25/h2-11H,12-14H2,1H3. The van der Waals surface area contributed by atoms with E-state index in [1.165, 1.54) is 4.90 Å². The van der Waals surface area contributed by atoms with Crippen molar-refractivity contribution in [3.05, 3.63) is 87.6 Å². The number of nitrogens with zero attached hydrogens (tertiary/aromatic N) is 1. The molecule has 0 atom stereocenters. The van der Waals surface area contributed by atoms with Crippen molar-refractivity contribution in [3.63, 3.8) is 0 Å². The normalized spacial score (nSPS) is 12.9. The summed E-state index contributed by atoms with van der Waals surface area (Å²) < 4.78 is 31.0. The Labute approximate surface area is 182 Å². The molecule has 0 fully saturated rings. The molecule has 0 saturated heterocycles. The second-order valence-corrected chi connectivity index (χ2v) is 7.70. The highest BCUT2D eigenvalue weighted by molar-refractivity contribution is 9.10. The lowest BCUT2D eigenvalue weighted by atomic mass is 10.1. The minimum atomic E-state index is -0.519. The molecule has 0 aromatic heterocycles. The van der Waals surface area contributed by atoms with Crippen LogP contribution < -0.4 is 14.2 Å². The fourth-order valence-corrected chi connectivity index (χ4v) is 3.57. The van der Waals surface area contributed by atoms with Gasteiger partial charge in [-0.1, -0.05) is 24.3 Å². The molecular weight excluding hydrogens is 453 g/mol. The summed E-state index contributed by atoms with van der Waals surface area (Å²) in [5.74, 6) is 1.46. The number of carbonyl (C=O) groups is 1. The van der Waals surface area contributed by atoms with Crippen LogP contribution in [0.4, 0.5) is 9.18 Å². The lowest BCUT2D eigenvalue weighted by molar-refractivity contribution is 0.134. The number of rotatable bonds is 6. The minimum Gasteiger partial charge on any atom is -0.497 e. The zero-order chi connectivity index (χ0) is 21.1. The van der Waals surface area contributed by atoms with Crippen molar-refractivity contribution in [1.29, 1.82) is 0 Å². The summed E-state index contributed by atoms with van der Waals surface area (Å²) in [5, 5.41) is 0. The van der Waals surface area contributed by atoms with Crippen molar-refractivity contribution in [3.8, 4) is 17.2 Å². The number of benzene rings is 3. The number of amides is 1. The molecule has 0 aliphatic carbocycles. The minimum absolute atomic E-state index is 0.124. The van der Waals surface area contributed by atoms with Gasteiger partial charge in [-0.05, 0) is 51.8 Å². The lowest BCUT2D eigenvalue weighted by Gasteiger charge is -2.28. The van der Waals surface area contributed by atoms with Gasteiger partial charge in [-0.25, -0.2) is 9.18 Å². The van der Waals surface area contributed by atoms with Crippen molar-refractivity contribution in [2.24, 2.45) is 0 Å². The number of hydrogen-bond acceptors (Lipinski definition) is 4. The Bertz CT molecular complexity index is 1070. The first-order valence-corrected chi connectivity index (χ1v) is 10.1. The molecule has 1 aliphatic rings. The zero-order valence-electron chi connectivity index (χ0n) is 16.2. The maximum Gasteiger partial charge on any atom is 0.415 e. The van der Waals surface area contributed by atoms with E-state index in [0.717, 1.165) is 16.9 Å². The van der Waals surface area contributed by atoms with Gasteiger partial charge in [0.1, 0.15) is 29.7 Å². The Hall–Kier alpha value is -3.06. The molecule has 4 rings (SSSR count). The van der Waals surface area contributed by atoms with Gasteiger partial charge in [0.2, 0.25) is 0 Å². The van der Waals surface area contributed by atoms with E-state index in [-0.39, 0.29) is 12.4 Å². The first-order valence-electron chi connectivity index (χ1n) is 9.32. The van der Waals surface area contributed by atoms with E-state index in [0.29, 0.717) is 34.7 Å². The topological polar surface area (TPSA) is 48.0 Å². The second kappa shape index (κ2) is 8.75. The zero-order valence-corrected chi connectivity index (χ0v) is 17.8. The van der Waals surface area contributed by atoms with Crippen molar-refractivity contribution in [2.45, 2.75) is 19.7 Å². The molecule has 154 valence electrons. The van der Waals surface area contributed by atoms with Crippen LogP contribution in [0.15, 0.2) is 65.1 Å². The average molecular weight is 472 g/mol. The third-order valence-electron chi connectivity index (χ3n) is 4.81. The summed E-state index contributed by atoms with van der Waals surface area (Å²) in [7, 11) is 1.62. The van der Waals surface area contributed by atoms with Gasteiger partial charge in [0.05, 0.1) is 24.7 Å². The molecule has 1 amide bonds. The maximum atomic E-state index is 14.3. The third-order valence-corrected chi connectivity index (χ3v) is 5.43. The van der Waals surface area contributed by atoms with Gasteiger partial charge in [0, 0.05) is 17.2 Å². The Morgan fingerprint density at radius 2 is 1.87 bits per heavy atom. The van der Waals surface area contributed by atoms with Gasteiger partial charge in [0.15, 0.2) is 0 Å².